The lowest BCUT2D eigenvalue weighted by Crippen LogP contribution is -2.18. The van der Waals surface area contributed by atoms with Crippen LogP contribution in [0.4, 0.5) is 13.2 Å². The summed E-state index contributed by atoms with van der Waals surface area (Å²) in [6.07, 6.45) is -4.85. The van der Waals surface area contributed by atoms with Gasteiger partial charge in [-0.15, -0.1) is 13.2 Å². The Labute approximate surface area is 124 Å². The Morgan fingerprint density at radius 2 is 1.64 bits per heavy atom. The number of hydrogen-bond donors (Lipinski definition) is 1. The van der Waals surface area contributed by atoms with Crippen molar-refractivity contribution in [3.63, 3.8) is 0 Å². The maximum Gasteiger partial charge on any atom is 0.573 e. The van der Waals surface area contributed by atoms with Crippen molar-refractivity contribution in [1.29, 1.82) is 0 Å². The Balaban J connectivity index is 2.31. The molecule has 0 aliphatic rings. The molecule has 2 aromatic rings. The zero-order valence-corrected chi connectivity index (χ0v) is 11.5. The third-order valence-electron chi connectivity index (χ3n) is 2.70. The molecule has 0 spiro atoms. The van der Waals surface area contributed by atoms with E-state index in [1.54, 1.807) is 24.3 Å². The summed E-state index contributed by atoms with van der Waals surface area (Å²) in [4.78, 5) is 11.4. The fourth-order valence-electron chi connectivity index (χ4n) is 1.72. The maximum absolute atomic E-state index is 12.2. The van der Waals surface area contributed by atoms with Crippen LogP contribution in [-0.4, -0.2) is 12.3 Å². The van der Waals surface area contributed by atoms with E-state index in [4.69, 9.17) is 10.5 Å². The van der Waals surface area contributed by atoms with E-state index < -0.39 is 18.0 Å². The first-order valence-corrected chi connectivity index (χ1v) is 6.19. The molecule has 0 saturated heterocycles. The third kappa shape index (κ3) is 4.15. The van der Waals surface area contributed by atoms with Crippen molar-refractivity contribution in [2.75, 3.05) is 0 Å². The zero-order valence-electron chi connectivity index (χ0n) is 11.5. The maximum atomic E-state index is 12.2. The Kier molecular flexibility index (Phi) is 4.25. The zero-order chi connectivity index (χ0) is 16.3. The average Bonchev–Trinajstić information content (AvgIpc) is 2.41. The standard InChI is InChI=1S/C15H12F3NO3/c1-9-2-4-10(5-3-9)21-13-7-6-11(22-15(16,17)18)8-12(13)14(19)20/h2-8H,1H3,(H2,19,20). The summed E-state index contributed by atoms with van der Waals surface area (Å²) in [5, 5.41) is 0. The van der Waals surface area contributed by atoms with Crippen molar-refractivity contribution >= 4 is 5.91 Å². The molecule has 0 unspecified atom stereocenters. The molecule has 0 saturated carbocycles. The minimum atomic E-state index is -4.85. The van der Waals surface area contributed by atoms with Gasteiger partial charge in [0.05, 0.1) is 5.56 Å². The molecule has 0 heterocycles. The second kappa shape index (κ2) is 5.97. The first-order valence-electron chi connectivity index (χ1n) is 6.19. The molecule has 2 N–H and O–H groups in total. The summed E-state index contributed by atoms with van der Waals surface area (Å²) in [5.74, 6) is -0.990. The van der Waals surface area contributed by atoms with Crippen molar-refractivity contribution in [1.82, 2.24) is 0 Å². The lowest BCUT2D eigenvalue weighted by atomic mass is 10.1. The third-order valence-corrected chi connectivity index (χ3v) is 2.70. The van der Waals surface area contributed by atoms with E-state index in [1.165, 1.54) is 6.07 Å². The van der Waals surface area contributed by atoms with E-state index in [1.807, 2.05) is 6.92 Å². The summed E-state index contributed by atoms with van der Waals surface area (Å²) in [6, 6.07) is 10.0. The number of amides is 1. The number of benzene rings is 2. The first kappa shape index (κ1) is 15.7. The molecule has 0 atom stereocenters. The van der Waals surface area contributed by atoms with Gasteiger partial charge in [0.2, 0.25) is 0 Å². The normalized spacial score (nSPS) is 11.1. The molecule has 0 aromatic heterocycles. The highest BCUT2D eigenvalue weighted by Gasteiger charge is 2.31. The lowest BCUT2D eigenvalue weighted by Gasteiger charge is -2.13. The predicted molar refractivity (Wildman–Crippen MR) is 72.9 cm³/mol. The van der Waals surface area contributed by atoms with E-state index in [0.29, 0.717) is 5.75 Å². The number of rotatable bonds is 4. The van der Waals surface area contributed by atoms with E-state index >= 15 is 0 Å². The molecular weight excluding hydrogens is 299 g/mol. The van der Waals surface area contributed by atoms with Crippen LogP contribution in [0.15, 0.2) is 42.5 Å². The van der Waals surface area contributed by atoms with Crippen molar-refractivity contribution in [2.45, 2.75) is 13.3 Å². The molecule has 0 radical (unpaired) electrons. The van der Waals surface area contributed by atoms with Crippen LogP contribution in [0.5, 0.6) is 17.2 Å². The van der Waals surface area contributed by atoms with Gasteiger partial charge in [-0.25, -0.2) is 0 Å². The summed E-state index contributed by atoms with van der Waals surface area (Å²) in [6.45, 7) is 1.89. The topological polar surface area (TPSA) is 61.6 Å². The molecule has 4 nitrogen and oxygen atoms in total. The smallest absolute Gasteiger partial charge is 0.457 e. The number of ether oxygens (including phenoxy) is 2. The molecular formula is C15H12F3NO3. The van der Waals surface area contributed by atoms with Gasteiger partial charge < -0.3 is 15.2 Å². The Hall–Kier alpha value is -2.70. The van der Waals surface area contributed by atoms with Gasteiger partial charge in [0.15, 0.2) is 0 Å². The van der Waals surface area contributed by atoms with Gasteiger partial charge in [-0.05, 0) is 37.3 Å². The minimum absolute atomic E-state index is 0.0471. The summed E-state index contributed by atoms with van der Waals surface area (Å²) in [5.41, 5.74) is 5.97. The number of hydrogen-bond acceptors (Lipinski definition) is 3. The second-order valence-corrected chi connectivity index (χ2v) is 4.49. The van der Waals surface area contributed by atoms with E-state index in [9.17, 15) is 18.0 Å². The van der Waals surface area contributed by atoms with Gasteiger partial charge in [0.25, 0.3) is 5.91 Å². The molecule has 22 heavy (non-hydrogen) atoms. The quantitative estimate of drug-likeness (QED) is 0.934. The van der Waals surface area contributed by atoms with Gasteiger partial charge in [-0.2, -0.15) is 0 Å². The molecule has 0 bridgehead atoms. The Bertz CT molecular complexity index is 681. The fraction of sp³-hybridized carbons (Fsp3) is 0.133. The highest BCUT2D eigenvalue weighted by atomic mass is 19.4. The van der Waals surface area contributed by atoms with Crippen LogP contribution in [-0.2, 0) is 0 Å². The molecule has 0 aliphatic carbocycles. The van der Waals surface area contributed by atoms with Crippen molar-refractivity contribution < 1.29 is 27.4 Å². The number of primary amides is 1. The number of nitrogens with two attached hydrogens (primary N) is 1. The first-order chi connectivity index (χ1) is 10.2. The number of carbonyl (C=O) groups is 1. The van der Waals surface area contributed by atoms with Crippen LogP contribution < -0.4 is 15.2 Å². The van der Waals surface area contributed by atoms with Crippen LogP contribution in [0, 0.1) is 6.92 Å². The van der Waals surface area contributed by atoms with Gasteiger partial charge >= 0.3 is 6.36 Å². The molecule has 0 aliphatic heterocycles. The summed E-state index contributed by atoms with van der Waals surface area (Å²) < 4.78 is 45.8. The van der Waals surface area contributed by atoms with Crippen LogP contribution >= 0.6 is 0 Å². The van der Waals surface area contributed by atoms with E-state index in [-0.39, 0.29) is 11.3 Å². The SMILES string of the molecule is Cc1ccc(Oc2ccc(OC(F)(F)F)cc2C(N)=O)cc1. The van der Waals surface area contributed by atoms with Gasteiger partial charge in [0, 0.05) is 0 Å². The molecule has 2 aromatic carbocycles. The molecule has 7 heteroatoms. The fourth-order valence-corrected chi connectivity index (χ4v) is 1.72. The van der Waals surface area contributed by atoms with Crippen LogP contribution in [0.2, 0.25) is 0 Å². The largest absolute Gasteiger partial charge is 0.573 e. The molecule has 0 fully saturated rings. The van der Waals surface area contributed by atoms with Crippen molar-refractivity contribution in [2.24, 2.45) is 5.73 Å². The minimum Gasteiger partial charge on any atom is -0.457 e. The van der Waals surface area contributed by atoms with Crippen LogP contribution in [0.1, 0.15) is 15.9 Å². The monoisotopic (exact) mass is 311 g/mol. The Morgan fingerprint density at radius 3 is 2.18 bits per heavy atom. The summed E-state index contributed by atoms with van der Waals surface area (Å²) >= 11 is 0. The highest BCUT2D eigenvalue weighted by molar-refractivity contribution is 5.96. The van der Waals surface area contributed by atoms with E-state index in [2.05, 4.69) is 4.74 Å². The molecule has 2 rings (SSSR count). The lowest BCUT2D eigenvalue weighted by molar-refractivity contribution is -0.274. The number of aryl methyl sites for hydroxylation is 1. The number of carbonyl (C=O) groups excluding carboxylic acids is 1. The van der Waals surface area contributed by atoms with Crippen molar-refractivity contribution in [3.8, 4) is 17.2 Å². The summed E-state index contributed by atoms with van der Waals surface area (Å²) in [7, 11) is 0. The second-order valence-electron chi connectivity index (χ2n) is 4.49. The van der Waals surface area contributed by atoms with Crippen molar-refractivity contribution in [3.05, 3.63) is 53.6 Å². The van der Waals surface area contributed by atoms with Crippen LogP contribution in [0.3, 0.4) is 0 Å². The average molecular weight is 311 g/mol. The predicted octanol–water partition coefficient (Wildman–Crippen LogP) is 3.78. The van der Waals surface area contributed by atoms with E-state index in [0.717, 1.165) is 17.7 Å². The van der Waals surface area contributed by atoms with Gasteiger partial charge in [-0.3, -0.25) is 4.79 Å². The molecule has 1 amide bonds. The number of halogens is 3. The number of alkyl halides is 3. The Morgan fingerprint density at radius 1 is 1.05 bits per heavy atom. The van der Waals surface area contributed by atoms with Gasteiger partial charge in [0.1, 0.15) is 17.2 Å². The highest BCUT2D eigenvalue weighted by Crippen LogP contribution is 2.31. The molecule has 116 valence electrons. The van der Waals surface area contributed by atoms with Crippen LogP contribution in [0.25, 0.3) is 0 Å². The van der Waals surface area contributed by atoms with Gasteiger partial charge in [-0.1, -0.05) is 17.7 Å².